The number of hydrogen-bond donors (Lipinski definition) is 0. The van der Waals surface area contributed by atoms with Crippen LogP contribution in [0.2, 0.25) is 0 Å². The zero-order chi connectivity index (χ0) is 14.1. The Morgan fingerprint density at radius 1 is 1.05 bits per heavy atom. The minimum absolute atomic E-state index is 0.436. The normalized spacial score (nSPS) is 27.9. The molecule has 0 bridgehead atoms. The van der Waals surface area contributed by atoms with Gasteiger partial charge in [0.05, 0.1) is 19.3 Å². The predicted molar refractivity (Wildman–Crippen MR) is 78.4 cm³/mol. The third-order valence-corrected chi connectivity index (χ3v) is 4.20. The molecule has 3 unspecified atom stereocenters. The van der Waals surface area contributed by atoms with Gasteiger partial charge in [0.25, 0.3) is 0 Å². The molecule has 114 valence electrons. The molecule has 1 rings (SSSR count). The smallest absolute Gasteiger partial charge is 0.0704 e. The Bertz CT molecular complexity index is 218. The molecule has 0 saturated heterocycles. The average Bonchev–Trinajstić information content (AvgIpc) is 2.37. The summed E-state index contributed by atoms with van der Waals surface area (Å²) >= 11 is 0. The molecular formula is C16H32O3. The van der Waals surface area contributed by atoms with Gasteiger partial charge in [-0.3, -0.25) is 0 Å². The summed E-state index contributed by atoms with van der Waals surface area (Å²) in [4.78, 5) is 0. The summed E-state index contributed by atoms with van der Waals surface area (Å²) in [6.07, 6.45) is 5.29. The van der Waals surface area contributed by atoms with E-state index in [0.717, 1.165) is 32.2 Å². The van der Waals surface area contributed by atoms with Gasteiger partial charge in [-0.25, -0.2) is 0 Å². The van der Waals surface area contributed by atoms with Crippen LogP contribution in [0.3, 0.4) is 0 Å². The Kier molecular flexibility index (Phi) is 8.67. The lowest BCUT2D eigenvalue weighted by Gasteiger charge is -2.39. The maximum atomic E-state index is 6.08. The first-order chi connectivity index (χ1) is 9.16. The fourth-order valence-electron chi connectivity index (χ4n) is 3.34. The lowest BCUT2D eigenvalue weighted by molar-refractivity contribution is -0.0652. The van der Waals surface area contributed by atoms with Gasteiger partial charge in [-0.2, -0.15) is 0 Å². The quantitative estimate of drug-likeness (QED) is 0.601. The van der Waals surface area contributed by atoms with Crippen LogP contribution in [0.25, 0.3) is 0 Å². The van der Waals surface area contributed by atoms with Gasteiger partial charge in [-0.05, 0) is 30.6 Å². The van der Waals surface area contributed by atoms with Crippen LogP contribution in [0.15, 0.2) is 0 Å². The zero-order valence-electron chi connectivity index (χ0n) is 13.2. The largest absolute Gasteiger partial charge is 0.385 e. The monoisotopic (exact) mass is 272 g/mol. The highest BCUT2D eigenvalue weighted by Gasteiger charge is 2.33. The molecule has 1 aliphatic carbocycles. The molecule has 1 fully saturated rings. The van der Waals surface area contributed by atoms with Crippen molar-refractivity contribution >= 4 is 0 Å². The highest BCUT2D eigenvalue weighted by Crippen LogP contribution is 2.36. The van der Waals surface area contributed by atoms with Crippen LogP contribution >= 0.6 is 0 Å². The van der Waals surface area contributed by atoms with E-state index in [9.17, 15) is 0 Å². The van der Waals surface area contributed by atoms with Crippen LogP contribution in [0.5, 0.6) is 0 Å². The van der Waals surface area contributed by atoms with E-state index in [-0.39, 0.29) is 0 Å². The molecule has 0 heterocycles. The van der Waals surface area contributed by atoms with Gasteiger partial charge in [-0.15, -0.1) is 0 Å². The van der Waals surface area contributed by atoms with Gasteiger partial charge in [-0.1, -0.05) is 33.6 Å². The molecule has 0 aromatic rings. The first kappa shape index (κ1) is 16.9. The molecule has 3 nitrogen and oxygen atoms in total. The summed E-state index contributed by atoms with van der Waals surface area (Å²) in [7, 11) is 1.72. The van der Waals surface area contributed by atoms with Crippen molar-refractivity contribution < 1.29 is 14.2 Å². The van der Waals surface area contributed by atoms with Crippen LogP contribution in [-0.2, 0) is 14.2 Å². The van der Waals surface area contributed by atoms with Gasteiger partial charge in [0, 0.05) is 20.3 Å². The fourth-order valence-corrected chi connectivity index (χ4v) is 3.34. The molecule has 1 saturated carbocycles. The van der Waals surface area contributed by atoms with Crippen molar-refractivity contribution in [3.8, 4) is 0 Å². The predicted octanol–water partition coefficient (Wildman–Crippen LogP) is 3.52. The molecule has 0 aromatic heterocycles. The van der Waals surface area contributed by atoms with E-state index < -0.39 is 0 Å². The molecule has 0 aliphatic heterocycles. The van der Waals surface area contributed by atoms with E-state index in [1.54, 1.807) is 7.11 Å². The minimum Gasteiger partial charge on any atom is -0.385 e. The molecule has 0 spiro atoms. The molecule has 1 aliphatic rings. The second kappa shape index (κ2) is 9.73. The van der Waals surface area contributed by atoms with Crippen LogP contribution in [-0.4, -0.2) is 39.6 Å². The molecular weight excluding hydrogens is 240 g/mol. The van der Waals surface area contributed by atoms with Crippen LogP contribution in [0, 0.1) is 17.8 Å². The summed E-state index contributed by atoms with van der Waals surface area (Å²) in [5.74, 6) is 2.21. The molecule has 3 atom stereocenters. The topological polar surface area (TPSA) is 27.7 Å². The zero-order valence-corrected chi connectivity index (χ0v) is 13.2. The van der Waals surface area contributed by atoms with Crippen molar-refractivity contribution in [1.82, 2.24) is 0 Å². The van der Waals surface area contributed by atoms with Crippen LogP contribution in [0.4, 0.5) is 0 Å². The van der Waals surface area contributed by atoms with Crippen LogP contribution < -0.4 is 0 Å². The van der Waals surface area contributed by atoms with E-state index in [0.29, 0.717) is 24.5 Å². The van der Waals surface area contributed by atoms with Crippen molar-refractivity contribution in [1.29, 1.82) is 0 Å². The van der Waals surface area contributed by atoms with E-state index in [4.69, 9.17) is 14.2 Å². The van der Waals surface area contributed by atoms with Crippen molar-refractivity contribution in [2.45, 2.75) is 52.6 Å². The maximum absolute atomic E-state index is 6.08. The lowest BCUT2D eigenvalue weighted by atomic mass is 9.72. The average molecular weight is 272 g/mol. The first-order valence-electron chi connectivity index (χ1n) is 7.85. The van der Waals surface area contributed by atoms with E-state index in [2.05, 4.69) is 20.8 Å². The Labute approximate surface area is 119 Å². The number of rotatable bonds is 9. The number of methoxy groups -OCH3 is 1. The van der Waals surface area contributed by atoms with Crippen molar-refractivity contribution in [3.05, 3.63) is 0 Å². The van der Waals surface area contributed by atoms with Gasteiger partial charge >= 0.3 is 0 Å². The van der Waals surface area contributed by atoms with Gasteiger partial charge < -0.3 is 14.2 Å². The highest BCUT2D eigenvalue weighted by molar-refractivity contribution is 4.82. The summed E-state index contributed by atoms with van der Waals surface area (Å²) < 4.78 is 16.6. The molecule has 0 amide bonds. The summed E-state index contributed by atoms with van der Waals surface area (Å²) in [5.41, 5.74) is 0. The Morgan fingerprint density at radius 2 is 1.84 bits per heavy atom. The van der Waals surface area contributed by atoms with E-state index in [1.165, 1.54) is 19.3 Å². The van der Waals surface area contributed by atoms with Crippen molar-refractivity contribution in [2.24, 2.45) is 17.8 Å². The number of ether oxygens (including phenoxy) is 3. The Morgan fingerprint density at radius 3 is 2.53 bits per heavy atom. The maximum Gasteiger partial charge on any atom is 0.0704 e. The second-order valence-corrected chi connectivity index (χ2v) is 6.10. The third-order valence-electron chi connectivity index (χ3n) is 4.20. The van der Waals surface area contributed by atoms with E-state index >= 15 is 0 Å². The Balaban J connectivity index is 2.16. The number of hydrogen-bond acceptors (Lipinski definition) is 3. The second-order valence-electron chi connectivity index (χ2n) is 6.10. The Hall–Kier alpha value is -0.120. The third kappa shape index (κ3) is 6.24. The van der Waals surface area contributed by atoms with Gasteiger partial charge in [0.2, 0.25) is 0 Å². The lowest BCUT2D eigenvalue weighted by Crippen LogP contribution is -2.37. The van der Waals surface area contributed by atoms with Gasteiger partial charge in [0.1, 0.15) is 0 Å². The van der Waals surface area contributed by atoms with Crippen molar-refractivity contribution in [2.75, 3.05) is 33.5 Å². The van der Waals surface area contributed by atoms with Gasteiger partial charge in [0.15, 0.2) is 0 Å². The minimum atomic E-state index is 0.436. The molecule has 0 N–H and O–H groups in total. The van der Waals surface area contributed by atoms with Crippen molar-refractivity contribution in [3.63, 3.8) is 0 Å². The SMILES string of the molecule is COCCCOCCOC1CCCC(C)C1C(C)C. The highest BCUT2D eigenvalue weighted by atomic mass is 16.5. The molecule has 3 heteroatoms. The first-order valence-corrected chi connectivity index (χ1v) is 7.85. The standard InChI is InChI=1S/C16H32O3/c1-13(2)16-14(3)7-5-8-15(16)19-12-11-18-10-6-9-17-4/h13-16H,5-12H2,1-4H3. The molecule has 0 aromatic carbocycles. The summed E-state index contributed by atoms with van der Waals surface area (Å²) in [6, 6.07) is 0. The molecule has 19 heavy (non-hydrogen) atoms. The molecule has 0 radical (unpaired) electrons. The summed E-state index contributed by atoms with van der Waals surface area (Å²) in [6.45, 7) is 10.0. The summed E-state index contributed by atoms with van der Waals surface area (Å²) in [5, 5.41) is 0. The fraction of sp³-hybridized carbons (Fsp3) is 1.00. The van der Waals surface area contributed by atoms with Crippen LogP contribution in [0.1, 0.15) is 46.5 Å². The van der Waals surface area contributed by atoms with E-state index in [1.807, 2.05) is 0 Å².